The second kappa shape index (κ2) is 26.5. The van der Waals surface area contributed by atoms with Crippen molar-refractivity contribution < 1.29 is 27.4 Å². The molecule has 6 heterocycles. The highest BCUT2D eigenvalue weighted by atomic mass is 14.9. The van der Waals surface area contributed by atoms with Gasteiger partial charge < -0.3 is 0 Å². The van der Waals surface area contributed by atoms with Crippen molar-refractivity contribution in [2.75, 3.05) is 0 Å². The number of aryl methyl sites for hydroxylation is 6. The van der Waals surface area contributed by atoms with Crippen molar-refractivity contribution in [1.29, 1.82) is 0 Å². The first-order valence-corrected chi connectivity index (χ1v) is 15.5. The number of pyridine rings is 6. The summed E-state index contributed by atoms with van der Waals surface area (Å²) in [6.45, 7) is 9.54. The highest BCUT2D eigenvalue weighted by Crippen LogP contribution is 1.77. The first-order chi connectivity index (χ1) is 22.0. The lowest BCUT2D eigenvalue weighted by molar-refractivity contribution is -0.693. The maximum atomic E-state index is 2.12. The van der Waals surface area contributed by atoms with Crippen LogP contribution in [0.15, 0.2) is 184 Å². The molecule has 0 aliphatic rings. The van der Waals surface area contributed by atoms with Crippen LogP contribution in [-0.4, -0.2) is 0 Å². The third-order valence-electron chi connectivity index (χ3n) is 6.02. The smallest absolute Gasteiger partial charge is 0.168 e. The van der Waals surface area contributed by atoms with Gasteiger partial charge in [0.05, 0.1) is 0 Å². The Morgan fingerprint density at radius 1 is 0.244 bits per heavy atom. The van der Waals surface area contributed by atoms with Crippen LogP contribution in [0.2, 0.25) is 0 Å². The first kappa shape index (κ1) is 37.9. The minimum absolute atomic E-state index is 1.06. The predicted molar refractivity (Wildman–Crippen MR) is 180 cm³/mol. The Balaban J connectivity index is 0.000000270. The Bertz CT molecular complexity index is 1250. The Hall–Kier alpha value is -5.10. The van der Waals surface area contributed by atoms with Crippen LogP contribution >= 0.6 is 0 Å². The normalized spacial score (nSPS) is 8.93. The number of rotatable bonds is 3. The fourth-order valence-electron chi connectivity index (χ4n) is 3.39. The topological polar surface area (TPSA) is 23.3 Å². The molecule has 0 unspecified atom stereocenters. The average molecular weight is 607 g/mol. The standard InChI is InChI=1S/3C7H10N.3C6H8N/c3*1-2-8-6-4-3-5-7-8;3*1-7-5-3-2-4-6-7/h3*3-7H,2H2,1H3;3*2-6H,1H3/q6*+1. The minimum Gasteiger partial charge on any atom is -0.208 e. The van der Waals surface area contributed by atoms with Gasteiger partial charge in [0.15, 0.2) is 74.4 Å². The van der Waals surface area contributed by atoms with Gasteiger partial charge in [0.25, 0.3) is 0 Å². The van der Waals surface area contributed by atoms with Gasteiger partial charge in [0.1, 0.15) is 40.8 Å². The van der Waals surface area contributed by atoms with E-state index in [4.69, 9.17) is 0 Å². The highest BCUT2D eigenvalue weighted by Gasteiger charge is 1.88. The van der Waals surface area contributed by atoms with Gasteiger partial charge in [-0.25, -0.2) is 27.4 Å². The summed E-state index contributed by atoms with van der Waals surface area (Å²) in [5.41, 5.74) is 0. The molecule has 6 nitrogen and oxygen atoms in total. The van der Waals surface area contributed by atoms with E-state index in [0.29, 0.717) is 0 Å². The molecule has 45 heavy (non-hydrogen) atoms. The Morgan fingerprint density at radius 2 is 0.400 bits per heavy atom. The SMILES string of the molecule is CC[n+]1ccccc1.CC[n+]1ccccc1.CC[n+]1ccccc1.C[n+]1ccccc1.C[n+]1ccccc1.C[n+]1ccccc1. The van der Waals surface area contributed by atoms with E-state index in [2.05, 4.69) is 71.7 Å². The summed E-state index contributed by atoms with van der Waals surface area (Å²) in [5.74, 6) is 0. The number of nitrogens with zero attached hydrogens (tertiary/aromatic N) is 6. The molecule has 0 N–H and O–H groups in total. The van der Waals surface area contributed by atoms with E-state index < -0.39 is 0 Å². The molecular formula is C39H54N6+6. The Kier molecular flexibility index (Phi) is 22.4. The van der Waals surface area contributed by atoms with Crippen LogP contribution in [0.4, 0.5) is 0 Å². The predicted octanol–water partition coefficient (Wildman–Crippen LogP) is 4.52. The lowest BCUT2D eigenvalue weighted by Gasteiger charge is -1.84. The molecule has 0 bridgehead atoms. The third-order valence-corrected chi connectivity index (χ3v) is 6.02. The lowest BCUT2D eigenvalue weighted by atomic mass is 10.5. The van der Waals surface area contributed by atoms with Crippen molar-refractivity contribution >= 4 is 0 Å². The van der Waals surface area contributed by atoms with Crippen molar-refractivity contribution in [1.82, 2.24) is 0 Å². The molecule has 234 valence electrons. The summed E-state index contributed by atoms with van der Waals surface area (Å²) in [6.07, 6.45) is 24.3. The van der Waals surface area contributed by atoms with Gasteiger partial charge in [-0.3, -0.25) is 0 Å². The van der Waals surface area contributed by atoms with E-state index in [0.717, 1.165) is 19.6 Å². The Morgan fingerprint density at radius 3 is 0.489 bits per heavy atom. The molecular weight excluding hydrogens is 552 g/mol. The first-order valence-electron chi connectivity index (χ1n) is 15.5. The number of hydrogen-bond acceptors (Lipinski definition) is 0. The van der Waals surface area contributed by atoms with Crippen LogP contribution < -0.4 is 27.4 Å². The molecule has 0 saturated heterocycles. The van der Waals surface area contributed by atoms with Gasteiger partial charge >= 0.3 is 0 Å². The van der Waals surface area contributed by atoms with Crippen LogP contribution in [0.5, 0.6) is 0 Å². The van der Waals surface area contributed by atoms with Crippen LogP contribution in [0.1, 0.15) is 20.8 Å². The molecule has 6 aromatic rings. The zero-order chi connectivity index (χ0) is 32.8. The second-order valence-electron chi connectivity index (χ2n) is 9.74. The van der Waals surface area contributed by atoms with Crippen molar-refractivity contribution in [3.8, 4) is 0 Å². The largest absolute Gasteiger partial charge is 0.208 e. The van der Waals surface area contributed by atoms with E-state index in [1.165, 1.54) is 0 Å². The zero-order valence-corrected chi connectivity index (χ0v) is 28.1. The summed E-state index contributed by atoms with van der Waals surface area (Å²) >= 11 is 0. The molecule has 6 heteroatoms. The fourth-order valence-corrected chi connectivity index (χ4v) is 3.39. The monoisotopic (exact) mass is 606 g/mol. The van der Waals surface area contributed by atoms with E-state index in [9.17, 15) is 0 Å². The van der Waals surface area contributed by atoms with Gasteiger partial charge in [-0.2, -0.15) is 0 Å². The van der Waals surface area contributed by atoms with E-state index >= 15 is 0 Å². The van der Waals surface area contributed by atoms with Crippen molar-refractivity contribution in [3.63, 3.8) is 0 Å². The fraction of sp³-hybridized carbons (Fsp3) is 0.231. The van der Waals surface area contributed by atoms with E-state index in [-0.39, 0.29) is 0 Å². The van der Waals surface area contributed by atoms with Crippen molar-refractivity contribution in [2.45, 2.75) is 40.4 Å². The molecule has 0 aliphatic carbocycles. The van der Waals surface area contributed by atoms with Gasteiger partial charge in [-0.15, -0.1) is 0 Å². The molecule has 0 saturated carbocycles. The molecule has 0 radical (unpaired) electrons. The van der Waals surface area contributed by atoms with Crippen molar-refractivity contribution in [3.05, 3.63) is 184 Å². The summed E-state index contributed by atoms with van der Waals surface area (Å²) in [7, 11) is 6.00. The molecule has 0 amide bonds. The molecule has 6 aromatic heterocycles. The molecule has 0 spiro atoms. The minimum atomic E-state index is 1.06. The molecule has 0 aliphatic heterocycles. The second-order valence-corrected chi connectivity index (χ2v) is 9.74. The Labute approximate surface area is 272 Å². The summed E-state index contributed by atoms with van der Waals surface area (Å²) < 4.78 is 12.4. The summed E-state index contributed by atoms with van der Waals surface area (Å²) in [4.78, 5) is 0. The molecule has 0 atom stereocenters. The maximum Gasteiger partial charge on any atom is 0.168 e. The van der Waals surface area contributed by atoms with E-state index in [1.54, 1.807) is 0 Å². The van der Waals surface area contributed by atoms with Gasteiger partial charge in [0, 0.05) is 72.8 Å². The van der Waals surface area contributed by atoms with Crippen LogP contribution in [0, 0.1) is 0 Å². The maximum absolute atomic E-state index is 2.12. The zero-order valence-electron chi connectivity index (χ0n) is 28.1. The van der Waals surface area contributed by atoms with Crippen LogP contribution in [0.25, 0.3) is 0 Å². The van der Waals surface area contributed by atoms with Gasteiger partial charge in [-0.1, -0.05) is 36.4 Å². The third kappa shape index (κ3) is 22.2. The molecule has 0 aromatic carbocycles. The van der Waals surface area contributed by atoms with Crippen molar-refractivity contribution in [2.24, 2.45) is 21.1 Å². The summed E-state index contributed by atoms with van der Waals surface area (Å²) in [5, 5.41) is 0. The molecule has 0 fully saturated rings. The molecule has 6 rings (SSSR count). The number of aromatic nitrogens is 6. The average Bonchev–Trinajstić information content (AvgIpc) is 3.12. The van der Waals surface area contributed by atoms with Gasteiger partial charge in [-0.05, 0) is 20.8 Å². The highest BCUT2D eigenvalue weighted by molar-refractivity contribution is 4.86. The van der Waals surface area contributed by atoms with Crippen LogP contribution in [0.3, 0.4) is 0 Å². The van der Waals surface area contributed by atoms with Crippen LogP contribution in [-0.2, 0) is 40.8 Å². The van der Waals surface area contributed by atoms with Gasteiger partial charge in [0.2, 0.25) is 0 Å². The number of hydrogen-bond donors (Lipinski definition) is 0. The lowest BCUT2D eigenvalue weighted by Crippen LogP contribution is -2.30. The summed E-state index contributed by atoms with van der Waals surface area (Å²) in [6, 6.07) is 36.2. The van der Waals surface area contributed by atoms with E-state index in [1.807, 2.05) is 181 Å². The quantitative estimate of drug-likeness (QED) is 0.265.